The Balaban J connectivity index is 2.11. The summed E-state index contributed by atoms with van der Waals surface area (Å²) in [7, 11) is 1.78. The quantitative estimate of drug-likeness (QED) is 0.902. The molecule has 0 bridgehead atoms. The molecule has 0 aliphatic heterocycles. The molecule has 0 amide bonds. The third kappa shape index (κ3) is 1.66. The van der Waals surface area contributed by atoms with Crippen molar-refractivity contribution in [3.05, 3.63) is 23.8 Å². The molecule has 2 unspecified atom stereocenters. The van der Waals surface area contributed by atoms with E-state index < -0.39 is 0 Å². The number of nitrogen functional groups attached to an aromatic ring is 1. The highest BCUT2D eigenvalue weighted by Crippen LogP contribution is 2.52. The number of nitrogens with zero attached hydrogens (tertiary/aromatic N) is 2. The second kappa shape index (κ2) is 3.97. The summed E-state index contributed by atoms with van der Waals surface area (Å²) in [5.41, 5.74) is 9.55. The van der Waals surface area contributed by atoms with Gasteiger partial charge in [0.15, 0.2) is 0 Å². The molecule has 2 atom stereocenters. The highest BCUT2D eigenvalue weighted by Gasteiger charge is 2.50. The minimum atomic E-state index is 0.0836. The van der Waals surface area contributed by atoms with Crippen LogP contribution in [0.1, 0.15) is 31.9 Å². The predicted molar refractivity (Wildman–Crippen MR) is 77.1 cm³/mol. The van der Waals surface area contributed by atoms with Crippen LogP contribution in [-0.2, 0) is 4.74 Å². The zero-order valence-corrected chi connectivity index (χ0v) is 12.0. The molecule has 19 heavy (non-hydrogen) atoms. The summed E-state index contributed by atoms with van der Waals surface area (Å²) in [6.45, 7) is 6.56. The molecule has 3 rings (SSSR count). The number of hydrogen-bond acceptors (Lipinski definition) is 3. The maximum atomic E-state index is 6.13. The van der Waals surface area contributed by atoms with Crippen LogP contribution < -0.4 is 5.73 Å². The van der Waals surface area contributed by atoms with Crippen LogP contribution in [0.25, 0.3) is 11.0 Å². The van der Waals surface area contributed by atoms with Crippen LogP contribution in [0.15, 0.2) is 18.2 Å². The number of rotatable bonds is 2. The molecule has 2 N–H and O–H groups in total. The van der Waals surface area contributed by atoms with Crippen LogP contribution in [0.2, 0.25) is 0 Å². The van der Waals surface area contributed by atoms with Crippen molar-refractivity contribution in [2.45, 2.75) is 39.3 Å². The maximum absolute atomic E-state index is 6.13. The summed E-state index contributed by atoms with van der Waals surface area (Å²) in [5.74, 6) is 0.605. The van der Waals surface area contributed by atoms with Gasteiger partial charge in [-0.3, -0.25) is 0 Å². The zero-order valence-electron chi connectivity index (χ0n) is 12.0. The van der Waals surface area contributed by atoms with Crippen LogP contribution in [0.3, 0.4) is 0 Å². The van der Waals surface area contributed by atoms with Gasteiger partial charge in [0.2, 0.25) is 5.95 Å². The Labute approximate surface area is 113 Å². The molecule has 1 saturated carbocycles. The van der Waals surface area contributed by atoms with Gasteiger partial charge in [0.05, 0.1) is 17.1 Å². The average Bonchev–Trinajstić information content (AvgIpc) is 2.65. The maximum Gasteiger partial charge on any atom is 0.201 e. The fourth-order valence-electron chi connectivity index (χ4n) is 3.25. The van der Waals surface area contributed by atoms with E-state index in [-0.39, 0.29) is 5.41 Å². The SMILES string of the molecule is COC1CC(n2c(N)nc3ccc(C)cc32)C1(C)C. The smallest absolute Gasteiger partial charge is 0.201 e. The molecular formula is C15H21N3O. The summed E-state index contributed by atoms with van der Waals surface area (Å²) < 4.78 is 7.71. The lowest BCUT2D eigenvalue weighted by Gasteiger charge is -2.51. The van der Waals surface area contributed by atoms with Gasteiger partial charge >= 0.3 is 0 Å². The molecule has 2 aromatic rings. The number of imidazole rings is 1. The van der Waals surface area contributed by atoms with E-state index in [1.165, 1.54) is 5.56 Å². The lowest BCUT2D eigenvalue weighted by Crippen LogP contribution is -2.51. The molecule has 4 nitrogen and oxygen atoms in total. The van der Waals surface area contributed by atoms with Crippen LogP contribution in [0.5, 0.6) is 0 Å². The van der Waals surface area contributed by atoms with E-state index in [2.05, 4.69) is 42.5 Å². The largest absolute Gasteiger partial charge is 0.381 e. The molecule has 0 radical (unpaired) electrons. The Kier molecular flexibility index (Phi) is 2.61. The van der Waals surface area contributed by atoms with E-state index in [1.54, 1.807) is 7.11 Å². The van der Waals surface area contributed by atoms with Crippen LogP contribution in [-0.4, -0.2) is 22.8 Å². The number of ether oxygens (including phenoxy) is 1. The molecule has 0 saturated heterocycles. The van der Waals surface area contributed by atoms with Crippen LogP contribution >= 0.6 is 0 Å². The molecule has 1 heterocycles. The highest BCUT2D eigenvalue weighted by atomic mass is 16.5. The number of aryl methyl sites for hydroxylation is 1. The first kappa shape index (κ1) is 12.5. The van der Waals surface area contributed by atoms with Gasteiger partial charge in [-0.2, -0.15) is 0 Å². The molecule has 0 spiro atoms. The highest BCUT2D eigenvalue weighted by molar-refractivity contribution is 5.79. The van der Waals surface area contributed by atoms with Crippen LogP contribution in [0, 0.1) is 12.3 Å². The second-order valence-corrected chi connectivity index (χ2v) is 6.13. The fourth-order valence-corrected chi connectivity index (χ4v) is 3.25. The molecule has 1 aromatic heterocycles. The van der Waals surface area contributed by atoms with Gasteiger partial charge < -0.3 is 15.0 Å². The molecule has 1 aliphatic rings. The predicted octanol–water partition coefficient (Wildman–Crippen LogP) is 2.91. The topological polar surface area (TPSA) is 53.1 Å². The van der Waals surface area contributed by atoms with Gasteiger partial charge in [-0.15, -0.1) is 0 Å². The number of methoxy groups -OCH3 is 1. The molecule has 1 aliphatic carbocycles. The Morgan fingerprint density at radius 1 is 1.42 bits per heavy atom. The molecule has 4 heteroatoms. The Bertz CT molecular complexity index is 630. The summed E-state index contributed by atoms with van der Waals surface area (Å²) in [6.07, 6.45) is 1.28. The van der Waals surface area contributed by atoms with Crippen molar-refractivity contribution in [3.8, 4) is 0 Å². The normalized spacial score (nSPS) is 25.5. The summed E-state index contributed by atoms with van der Waals surface area (Å²) in [5, 5.41) is 0. The van der Waals surface area contributed by atoms with Crippen LogP contribution in [0.4, 0.5) is 5.95 Å². The summed E-state index contributed by atoms with van der Waals surface area (Å²) >= 11 is 0. The van der Waals surface area contributed by atoms with Crippen molar-refractivity contribution in [1.29, 1.82) is 0 Å². The van der Waals surface area contributed by atoms with Crippen molar-refractivity contribution in [2.75, 3.05) is 12.8 Å². The van der Waals surface area contributed by atoms with E-state index in [4.69, 9.17) is 10.5 Å². The van der Waals surface area contributed by atoms with E-state index in [0.717, 1.165) is 17.5 Å². The minimum absolute atomic E-state index is 0.0836. The number of hydrogen-bond donors (Lipinski definition) is 1. The number of nitrogens with two attached hydrogens (primary N) is 1. The van der Waals surface area contributed by atoms with Gasteiger partial charge in [-0.05, 0) is 31.0 Å². The summed E-state index contributed by atoms with van der Waals surface area (Å²) in [4.78, 5) is 4.47. The van der Waals surface area contributed by atoms with Crippen molar-refractivity contribution >= 4 is 17.0 Å². The first-order valence-corrected chi connectivity index (χ1v) is 6.72. The third-order valence-electron chi connectivity index (χ3n) is 4.59. The fraction of sp³-hybridized carbons (Fsp3) is 0.533. The zero-order chi connectivity index (χ0) is 13.8. The average molecular weight is 259 g/mol. The van der Waals surface area contributed by atoms with Gasteiger partial charge in [-0.25, -0.2) is 4.98 Å². The number of benzene rings is 1. The minimum Gasteiger partial charge on any atom is -0.381 e. The first-order valence-electron chi connectivity index (χ1n) is 6.72. The van der Waals surface area contributed by atoms with Gasteiger partial charge in [0.25, 0.3) is 0 Å². The number of aromatic nitrogens is 2. The monoisotopic (exact) mass is 259 g/mol. The van der Waals surface area contributed by atoms with Crippen molar-refractivity contribution in [3.63, 3.8) is 0 Å². The lowest BCUT2D eigenvalue weighted by atomic mass is 9.64. The van der Waals surface area contributed by atoms with E-state index in [9.17, 15) is 0 Å². The third-order valence-corrected chi connectivity index (χ3v) is 4.59. The van der Waals surface area contributed by atoms with E-state index in [0.29, 0.717) is 18.1 Å². The van der Waals surface area contributed by atoms with Crippen molar-refractivity contribution in [1.82, 2.24) is 9.55 Å². The first-order chi connectivity index (χ1) is 8.95. The lowest BCUT2D eigenvalue weighted by molar-refractivity contribution is -0.110. The second-order valence-electron chi connectivity index (χ2n) is 6.13. The van der Waals surface area contributed by atoms with Crippen molar-refractivity contribution in [2.24, 2.45) is 5.41 Å². The molecule has 102 valence electrons. The Morgan fingerprint density at radius 3 is 2.79 bits per heavy atom. The van der Waals surface area contributed by atoms with Gasteiger partial charge in [-0.1, -0.05) is 19.9 Å². The summed E-state index contributed by atoms with van der Waals surface area (Å²) in [6, 6.07) is 6.62. The molecule has 1 aromatic carbocycles. The Hall–Kier alpha value is -1.55. The van der Waals surface area contributed by atoms with E-state index in [1.807, 2.05) is 6.07 Å². The van der Waals surface area contributed by atoms with Gasteiger partial charge in [0, 0.05) is 18.6 Å². The Morgan fingerprint density at radius 2 is 2.16 bits per heavy atom. The molecular weight excluding hydrogens is 238 g/mol. The number of fused-ring (bicyclic) bond motifs is 1. The standard InChI is InChI=1S/C15H21N3O/c1-9-5-6-10-11(7-9)18(14(16)17-10)12-8-13(19-4)15(12,2)3/h5-7,12-13H,8H2,1-4H3,(H2,16,17). The van der Waals surface area contributed by atoms with Gasteiger partial charge in [0.1, 0.15) is 0 Å². The molecule has 1 fully saturated rings. The number of anilines is 1. The van der Waals surface area contributed by atoms with E-state index >= 15 is 0 Å². The van der Waals surface area contributed by atoms with Crippen molar-refractivity contribution < 1.29 is 4.74 Å².